The van der Waals surface area contributed by atoms with Gasteiger partial charge in [-0.25, -0.2) is 8.78 Å². The third-order valence-corrected chi connectivity index (χ3v) is 2.55. The standard InChI is InChI=1S/C11H22F2O/c1-4-5-6-7-8-10(14)11(12,13)9(2)3/h9-10,14H,4-8H2,1-3H3. The number of aliphatic hydroxyl groups is 1. The van der Waals surface area contributed by atoms with Crippen LogP contribution in [0, 0.1) is 5.92 Å². The van der Waals surface area contributed by atoms with E-state index in [9.17, 15) is 13.9 Å². The molecule has 0 heterocycles. The molecular formula is C11H22F2O. The maximum atomic E-state index is 13.2. The Hall–Kier alpha value is -0.180. The Morgan fingerprint density at radius 1 is 1.14 bits per heavy atom. The Bertz CT molecular complexity index is 146. The lowest BCUT2D eigenvalue weighted by Crippen LogP contribution is -2.38. The smallest absolute Gasteiger partial charge is 0.275 e. The maximum absolute atomic E-state index is 13.2. The van der Waals surface area contributed by atoms with Crippen LogP contribution in [0.1, 0.15) is 52.9 Å². The van der Waals surface area contributed by atoms with Crippen LogP contribution < -0.4 is 0 Å². The molecule has 0 aromatic carbocycles. The van der Waals surface area contributed by atoms with Crippen molar-refractivity contribution in [3.8, 4) is 0 Å². The first-order chi connectivity index (χ1) is 6.42. The van der Waals surface area contributed by atoms with Gasteiger partial charge in [0.05, 0.1) is 0 Å². The summed E-state index contributed by atoms with van der Waals surface area (Å²) in [6, 6.07) is 0. The van der Waals surface area contributed by atoms with Crippen molar-refractivity contribution in [3.05, 3.63) is 0 Å². The Morgan fingerprint density at radius 3 is 2.14 bits per heavy atom. The average Bonchev–Trinajstić information content (AvgIpc) is 2.11. The zero-order chi connectivity index (χ0) is 11.2. The molecule has 1 nitrogen and oxygen atoms in total. The molecule has 0 aliphatic heterocycles. The maximum Gasteiger partial charge on any atom is 0.275 e. The van der Waals surface area contributed by atoms with Gasteiger partial charge >= 0.3 is 0 Å². The van der Waals surface area contributed by atoms with Gasteiger partial charge < -0.3 is 5.11 Å². The van der Waals surface area contributed by atoms with E-state index in [1.807, 2.05) is 0 Å². The minimum absolute atomic E-state index is 0.213. The van der Waals surface area contributed by atoms with Crippen molar-refractivity contribution >= 4 is 0 Å². The first-order valence-corrected chi connectivity index (χ1v) is 5.48. The third-order valence-electron chi connectivity index (χ3n) is 2.55. The van der Waals surface area contributed by atoms with Crippen molar-refractivity contribution in [3.63, 3.8) is 0 Å². The number of rotatable bonds is 7. The molecule has 0 aromatic rings. The molecule has 0 bridgehead atoms. The molecule has 0 spiro atoms. The Balaban J connectivity index is 3.77. The lowest BCUT2D eigenvalue weighted by atomic mass is 9.96. The van der Waals surface area contributed by atoms with Crippen LogP contribution in [0.5, 0.6) is 0 Å². The predicted molar refractivity (Wildman–Crippen MR) is 54.6 cm³/mol. The third kappa shape index (κ3) is 4.36. The van der Waals surface area contributed by atoms with Gasteiger partial charge in [0.2, 0.25) is 0 Å². The zero-order valence-corrected chi connectivity index (χ0v) is 9.39. The highest BCUT2D eigenvalue weighted by atomic mass is 19.3. The fraction of sp³-hybridized carbons (Fsp3) is 1.00. The van der Waals surface area contributed by atoms with E-state index in [1.165, 1.54) is 13.8 Å². The summed E-state index contributed by atoms with van der Waals surface area (Å²) < 4.78 is 26.4. The largest absolute Gasteiger partial charge is 0.387 e. The molecule has 0 aliphatic rings. The number of halogens is 2. The molecule has 0 saturated carbocycles. The molecule has 1 N–H and O–H groups in total. The summed E-state index contributed by atoms with van der Waals surface area (Å²) in [6.45, 7) is 4.95. The van der Waals surface area contributed by atoms with E-state index in [2.05, 4.69) is 6.92 Å². The molecule has 0 aliphatic carbocycles. The van der Waals surface area contributed by atoms with Crippen LogP contribution >= 0.6 is 0 Å². The van der Waals surface area contributed by atoms with Crippen molar-refractivity contribution in [2.45, 2.75) is 64.9 Å². The van der Waals surface area contributed by atoms with Crippen LogP contribution in [-0.4, -0.2) is 17.1 Å². The topological polar surface area (TPSA) is 20.2 Å². The summed E-state index contributed by atoms with van der Waals surface area (Å²) in [5, 5.41) is 9.30. The van der Waals surface area contributed by atoms with Gasteiger partial charge in [-0.2, -0.15) is 0 Å². The van der Waals surface area contributed by atoms with Gasteiger partial charge in [0.15, 0.2) is 0 Å². The van der Waals surface area contributed by atoms with Gasteiger partial charge in [0.1, 0.15) is 6.10 Å². The van der Waals surface area contributed by atoms with E-state index in [0.29, 0.717) is 6.42 Å². The summed E-state index contributed by atoms with van der Waals surface area (Å²) in [6.07, 6.45) is 2.50. The first-order valence-electron chi connectivity index (χ1n) is 5.48. The monoisotopic (exact) mass is 208 g/mol. The van der Waals surface area contributed by atoms with Crippen molar-refractivity contribution in [1.82, 2.24) is 0 Å². The molecule has 0 radical (unpaired) electrons. The van der Waals surface area contributed by atoms with Crippen molar-refractivity contribution in [1.29, 1.82) is 0 Å². The summed E-state index contributed by atoms with van der Waals surface area (Å²) >= 11 is 0. The van der Waals surface area contributed by atoms with E-state index in [4.69, 9.17) is 0 Å². The molecule has 1 atom stereocenters. The highest BCUT2D eigenvalue weighted by Crippen LogP contribution is 2.30. The van der Waals surface area contributed by atoms with Crippen LogP contribution in [0.2, 0.25) is 0 Å². The Morgan fingerprint density at radius 2 is 1.71 bits per heavy atom. The minimum Gasteiger partial charge on any atom is -0.387 e. The summed E-state index contributed by atoms with van der Waals surface area (Å²) in [5.41, 5.74) is 0. The van der Waals surface area contributed by atoms with E-state index in [1.54, 1.807) is 0 Å². The molecule has 0 fully saturated rings. The van der Waals surface area contributed by atoms with Gasteiger partial charge in [-0.1, -0.05) is 46.5 Å². The summed E-state index contributed by atoms with van der Waals surface area (Å²) in [5.74, 6) is -3.73. The van der Waals surface area contributed by atoms with Crippen LogP contribution in [0.25, 0.3) is 0 Å². The van der Waals surface area contributed by atoms with Crippen LogP contribution in [0.15, 0.2) is 0 Å². The van der Waals surface area contributed by atoms with Gasteiger partial charge in [-0.3, -0.25) is 0 Å². The number of hydrogen-bond acceptors (Lipinski definition) is 1. The SMILES string of the molecule is CCCCCCC(O)C(F)(F)C(C)C. The molecule has 0 saturated heterocycles. The van der Waals surface area contributed by atoms with Crippen molar-refractivity contribution in [2.75, 3.05) is 0 Å². The average molecular weight is 208 g/mol. The normalized spacial score (nSPS) is 14.8. The molecule has 0 rings (SSSR count). The quantitative estimate of drug-likeness (QED) is 0.634. The van der Waals surface area contributed by atoms with Gasteiger partial charge in [-0.05, 0) is 6.42 Å². The molecule has 0 aromatic heterocycles. The molecule has 14 heavy (non-hydrogen) atoms. The second kappa shape index (κ2) is 6.33. The molecular weight excluding hydrogens is 186 g/mol. The predicted octanol–water partition coefficient (Wildman–Crippen LogP) is 3.61. The van der Waals surface area contributed by atoms with Crippen molar-refractivity contribution in [2.24, 2.45) is 5.92 Å². The van der Waals surface area contributed by atoms with E-state index in [0.717, 1.165) is 19.3 Å². The second-order valence-electron chi connectivity index (χ2n) is 4.19. The fourth-order valence-corrected chi connectivity index (χ4v) is 1.34. The molecule has 0 amide bonds. The van der Waals surface area contributed by atoms with Gasteiger partial charge in [-0.15, -0.1) is 0 Å². The van der Waals surface area contributed by atoms with E-state index in [-0.39, 0.29) is 6.42 Å². The van der Waals surface area contributed by atoms with E-state index < -0.39 is 17.9 Å². The Labute approximate surface area is 85.5 Å². The van der Waals surface area contributed by atoms with Crippen LogP contribution in [0.3, 0.4) is 0 Å². The highest BCUT2D eigenvalue weighted by molar-refractivity contribution is 4.79. The Kier molecular flexibility index (Phi) is 6.25. The second-order valence-corrected chi connectivity index (χ2v) is 4.19. The lowest BCUT2D eigenvalue weighted by Gasteiger charge is -2.25. The minimum atomic E-state index is -2.94. The number of unbranched alkanes of at least 4 members (excludes halogenated alkanes) is 3. The summed E-state index contributed by atoms with van der Waals surface area (Å²) in [7, 11) is 0. The van der Waals surface area contributed by atoms with Crippen LogP contribution in [0.4, 0.5) is 8.78 Å². The number of aliphatic hydroxyl groups excluding tert-OH is 1. The highest BCUT2D eigenvalue weighted by Gasteiger charge is 2.40. The number of alkyl halides is 2. The first kappa shape index (κ1) is 13.8. The molecule has 1 unspecified atom stereocenters. The van der Waals surface area contributed by atoms with E-state index >= 15 is 0 Å². The fourth-order valence-electron chi connectivity index (χ4n) is 1.34. The zero-order valence-electron chi connectivity index (χ0n) is 9.39. The van der Waals surface area contributed by atoms with Gasteiger partial charge in [0.25, 0.3) is 5.92 Å². The van der Waals surface area contributed by atoms with Crippen LogP contribution in [-0.2, 0) is 0 Å². The molecule has 3 heteroatoms. The van der Waals surface area contributed by atoms with Gasteiger partial charge in [0, 0.05) is 5.92 Å². The lowest BCUT2D eigenvalue weighted by molar-refractivity contribution is -0.141. The summed E-state index contributed by atoms with van der Waals surface area (Å²) in [4.78, 5) is 0. The van der Waals surface area contributed by atoms with Crippen molar-refractivity contribution < 1.29 is 13.9 Å². The number of hydrogen-bond donors (Lipinski definition) is 1. The molecule has 86 valence electrons.